The first-order chi connectivity index (χ1) is 26.3. The number of alkyl halides is 3. The maximum atomic E-state index is 13.6. The number of amides is 1. The number of carbonyl (C=O) groups is 2. The molecule has 0 aliphatic carbocycles. The fraction of sp³-hybridized carbons (Fsp3) is 0.462. The molecule has 3 unspecified atom stereocenters. The number of quaternary nitrogens is 1. The van der Waals surface area contributed by atoms with Gasteiger partial charge in [0.05, 0.1) is 22.8 Å². The van der Waals surface area contributed by atoms with E-state index in [0.29, 0.717) is 35.3 Å². The monoisotopic (exact) mass is 787 g/mol. The summed E-state index contributed by atoms with van der Waals surface area (Å²) < 4.78 is 39.4. The van der Waals surface area contributed by atoms with Crippen molar-refractivity contribution in [2.24, 2.45) is 5.10 Å². The van der Waals surface area contributed by atoms with Crippen molar-refractivity contribution in [3.63, 3.8) is 0 Å². The second kappa shape index (κ2) is 19.6. The number of aliphatic carboxylic acids is 1. The van der Waals surface area contributed by atoms with Gasteiger partial charge in [0.2, 0.25) is 0 Å². The molecule has 298 valence electrons. The molecule has 3 atom stereocenters. The van der Waals surface area contributed by atoms with Crippen LogP contribution in [-0.4, -0.2) is 58.7 Å². The third kappa shape index (κ3) is 12.6. The zero-order valence-electron chi connectivity index (χ0n) is 30.6. The normalized spacial score (nSPS) is 19.5. The SMILES string of the molecule is O=C(O)CCCCCCCCC1C[N+]([O-])(Cc2cccc(C(=O)Nc3ccc(N4CCCCC4)cc3C(O)NN=Cc3ccc(Cl)c(C(F)(F)F)c3)c2)NN1. The van der Waals surface area contributed by atoms with Gasteiger partial charge in [-0.05, 0) is 80.1 Å². The summed E-state index contributed by atoms with van der Waals surface area (Å²) in [6.07, 6.45) is 4.84. The number of hydrogen-bond acceptors (Lipinski definition) is 9. The number of aliphatic hydroxyl groups is 1. The number of hydroxylamine groups is 2. The lowest BCUT2D eigenvalue weighted by atomic mass is 10.0. The van der Waals surface area contributed by atoms with Gasteiger partial charge >= 0.3 is 12.1 Å². The van der Waals surface area contributed by atoms with Crippen LogP contribution in [0.2, 0.25) is 5.02 Å². The molecule has 1 amide bonds. The second-order valence-corrected chi connectivity index (χ2v) is 14.6. The first-order valence-corrected chi connectivity index (χ1v) is 19.1. The maximum absolute atomic E-state index is 13.6. The van der Waals surface area contributed by atoms with Crippen molar-refractivity contribution >= 4 is 41.1 Å². The molecular formula is C39H49ClF3N7O5. The van der Waals surface area contributed by atoms with Gasteiger partial charge in [-0.3, -0.25) is 19.8 Å². The minimum Gasteiger partial charge on any atom is -0.610 e. The fourth-order valence-electron chi connectivity index (χ4n) is 6.93. The summed E-state index contributed by atoms with van der Waals surface area (Å²) in [5.74, 6) is -1.22. The fourth-order valence-corrected chi connectivity index (χ4v) is 7.15. The van der Waals surface area contributed by atoms with Crippen LogP contribution in [0.4, 0.5) is 24.5 Å². The molecule has 2 heterocycles. The average Bonchev–Trinajstić information content (AvgIpc) is 3.52. The molecule has 3 aromatic rings. The molecule has 0 spiro atoms. The van der Waals surface area contributed by atoms with Crippen LogP contribution < -0.4 is 26.6 Å². The van der Waals surface area contributed by atoms with E-state index in [9.17, 15) is 33.1 Å². The third-order valence-electron chi connectivity index (χ3n) is 9.81. The van der Waals surface area contributed by atoms with E-state index in [0.717, 1.165) is 94.9 Å². The van der Waals surface area contributed by atoms with Crippen molar-refractivity contribution in [3.05, 3.63) is 98.7 Å². The Hall–Kier alpha value is -4.25. The van der Waals surface area contributed by atoms with Gasteiger partial charge in [0, 0.05) is 47.6 Å². The number of hydrogen-bond donors (Lipinski definition) is 6. The predicted molar refractivity (Wildman–Crippen MR) is 206 cm³/mol. The summed E-state index contributed by atoms with van der Waals surface area (Å²) in [5.41, 5.74) is 10.1. The number of nitrogens with zero attached hydrogens (tertiary/aromatic N) is 3. The number of hydrazone groups is 1. The van der Waals surface area contributed by atoms with E-state index >= 15 is 0 Å². The quantitative estimate of drug-likeness (QED) is 0.0190. The summed E-state index contributed by atoms with van der Waals surface area (Å²) in [6, 6.07) is 15.5. The molecule has 0 radical (unpaired) electrons. The minimum absolute atomic E-state index is 0.00440. The molecule has 0 aromatic heterocycles. The van der Waals surface area contributed by atoms with Crippen LogP contribution in [0.5, 0.6) is 0 Å². The van der Waals surface area contributed by atoms with Crippen molar-refractivity contribution in [3.8, 4) is 0 Å². The third-order valence-corrected chi connectivity index (χ3v) is 10.1. The number of benzene rings is 3. The molecule has 2 aliphatic rings. The molecule has 2 aliphatic heterocycles. The van der Waals surface area contributed by atoms with Crippen LogP contribution >= 0.6 is 11.6 Å². The van der Waals surface area contributed by atoms with Crippen LogP contribution in [0, 0.1) is 5.21 Å². The Balaban J connectivity index is 1.21. The van der Waals surface area contributed by atoms with Crippen molar-refractivity contribution in [1.29, 1.82) is 0 Å². The van der Waals surface area contributed by atoms with E-state index in [-0.39, 0.29) is 24.6 Å². The van der Waals surface area contributed by atoms with Gasteiger partial charge in [0.25, 0.3) is 5.91 Å². The molecule has 3 aromatic carbocycles. The summed E-state index contributed by atoms with van der Waals surface area (Å²) in [6.45, 7) is 2.07. The van der Waals surface area contributed by atoms with Gasteiger partial charge in [-0.25, -0.2) is 5.43 Å². The van der Waals surface area contributed by atoms with Gasteiger partial charge < -0.3 is 25.6 Å². The number of aliphatic hydroxyl groups excluding tert-OH is 1. The van der Waals surface area contributed by atoms with Crippen LogP contribution in [0.15, 0.2) is 65.8 Å². The summed E-state index contributed by atoms with van der Waals surface area (Å²) in [5, 5.41) is 40.0. The van der Waals surface area contributed by atoms with Crippen molar-refractivity contribution in [2.45, 2.75) is 95.6 Å². The Morgan fingerprint density at radius 3 is 2.51 bits per heavy atom. The molecule has 2 fully saturated rings. The standard InChI is InChI=1S/C39H49ClF3N7O5/c40-34-17-15-27(22-33(34)39(41,42)43)24-44-47-38(54)32-23-31(49-19-8-5-9-20-49)16-18-35(32)45-37(53)29-12-10-11-28(21-29)25-50(55)26-30(46-48-50)13-6-3-1-2-4-7-14-36(51)52/h10-12,15-18,21-24,30,38,46-48,54H,1-9,13-14,19-20,25-26H2,(H,45,53)(H,51,52). The molecule has 5 rings (SSSR count). The lowest BCUT2D eigenvalue weighted by Gasteiger charge is -2.36. The Kier molecular flexibility index (Phi) is 14.9. The number of anilines is 2. The van der Waals surface area contributed by atoms with Crippen LogP contribution in [-0.2, 0) is 17.5 Å². The van der Waals surface area contributed by atoms with E-state index in [1.54, 1.807) is 36.4 Å². The zero-order valence-corrected chi connectivity index (χ0v) is 31.3. The van der Waals surface area contributed by atoms with Crippen molar-refractivity contribution < 1.29 is 37.7 Å². The number of carbonyl (C=O) groups excluding carboxylic acids is 1. The Labute approximate surface area is 323 Å². The van der Waals surface area contributed by atoms with Gasteiger partial charge in [-0.15, -0.1) is 0 Å². The zero-order chi connectivity index (χ0) is 39.4. The van der Waals surface area contributed by atoms with Gasteiger partial charge in [-0.1, -0.05) is 67.4 Å². The van der Waals surface area contributed by atoms with Crippen LogP contribution in [0.1, 0.15) is 109 Å². The summed E-state index contributed by atoms with van der Waals surface area (Å²) >= 11 is 5.74. The van der Waals surface area contributed by atoms with E-state index in [1.807, 2.05) is 6.07 Å². The van der Waals surface area contributed by atoms with Crippen LogP contribution in [0.25, 0.3) is 0 Å². The first kappa shape index (κ1) is 41.9. The predicted octanol–water partition coefficient (Wildman–Crippen LogP) is 7.63. The Morgan fingerprint density at radius 2 is 1.76 bits per heavy atom. The highest BCUT2D eigenvalue weighted by Gasteiger charge is 2.33. The van der Waals surface area contributed by atoms with Crippen molar-refractivity contribution in [1.82, 2.24) is 16.4 Å². The van der Waals surface area contributed by atoms with Crippen LogP contribution in [0.3, 0.4) is 0 Å². The van der Waals surface area contributed by atoms with E-state index in [2.05, 4.69) is 31.7 Å². The first-order valence-electron chi connectivity index (χ1n) is 18.7. The lowest BCUT2D eigenvalue weighted by molar-refractivity contribution is -0.927. The molecule has 55 heavy (non-hydrogen) atoms. The number of rotatable bonds is 18. The summed E-state index contributed by atoms with van der Waals surface area (Å²) in [7, 11) is 0. The topological polar surface area (TPSA) is 161 Å². The molecule has 0 saturated carbocycles. The van der Waals surface area contributed by atoms with E-state index in [4.69, 9.17) is 16.7 Å². The number of nitrogens with one attached hydrogen (secondary N) is 4. The van der Waals surface area contributed by atoms with Crippen molar-refractivity contribution in [2.75, 3.05) is 29.9 Å². The molecule has 6 N–H and O–H groups in total. The second-order valence-electron chi connectivity index (χ2n) is 14.2. The average molecular weight is 788 g/mol. The molecule has 12 nitrogen and oxygen atoms in total. The highest BCUT2D eigenvalue weighted by Crippen LogP contribution is 2.35. The number of carboxylic acids is 1. The van der Waals surface area contributed by atoms with Gasteiger partial charge in [0.15, 0.2) is 6.23 Å². The van der Waals surface area contributed by atoms with Gasteiger partial charge in [-0.2, -0.15) is 18.3 Å². The number of carboxylic acid groups (broad SMARTS) is 1. The molecule has 2 saturated heterocycles. The number of piperidine rings is 1. The Morgan fingerprint density at radius 1 is 1.02 bits per heavy atom. The molecule has 16 heteroatoms. The minimum atomic E-state index is -4.65. The highest BCUT2D eigenvalue weighted by atomic mass is 35.5. The Bertz CT molecular complexity index is 1790. The van der Waals surface area contributed by atoms with E-state index in [1.165, 1.54) is 6.07 Å². The maximum Gasteiger partial charge on any atom is 0.417 e. The molecule has 0 bridgehead atoms. The highest BCUT2D eigenvalue weighted by molar-refractivity contribution is 6.31. The van der Waals surface area contributed by atoms with Gasteiger partial charge in [0.1, 0.15) is 13.1 Å². The number of unbranched alkanes of at least 4 members (excludes halogenated alkanes) is 5. The van der Waals surface area contributed by atoms with E-state index < -0.39 is 39.6 Å². The summed E-state index contributed by atoms with van der Waals surface area (Å²) in [4.78, 5) is 26.4. The smallest absolute Gasteiger partial charge is 0.417 e. The number of halogens is 4. The molecular weight excluding hydrogens is 739 g/mol. The number of hydrazine groups is 1. The largest absolute Gasteiger partial charge is 0.610 e. The lowest BCUT2D eigenvalue weighted by Crippen LogP contribution is -2.50.